The van der Waals surface area contributed by atoms with Gasteiger partial charge in [-0.15, -0.1) is 0 Å². The van der Waals surface area contributed by atoms with Crippen LogP contribution in [0.3, 0.4) is 0 Å². The zero-order valence-electron chi connectivity index (χ0n) is 9.93. The van der Waals surface area contributed by atoms with Gasteiger partial charge in [0.2, 0.25) is 0 Å². The second-order valence-corrected chi connectivity index (χ2v) is 6.30. The summed E-state index contributed by atoms with van der Waals surface area (Å²) in [6, 6.07) is 10.3. The van der Waals surface area contributed by atoms with E-state index in [9.17, 15) is 12.8 Å². The molecule has 0 aromatic heterocycles. The van der Waals surface area contributed by atoms with Gasteiger partial charge in [-0.3, -0.25) is 0 Å². The molecule has 0 fully saturated rings. The van der Waals surface area contributed by atoms with E-state index in [0.717, 1.165) is 5.56 Å². The summed E-state index contributed by atoms with van der Waals surface area (Å²) in [6.45, 7) is 1.84. The first-order chi connectivity index (χ1) is 8.90. The maximum absolute atomic E-state index is 13.7. The average molecular weight is 345 g/mol. The predicted octanol–water partition coefficient (Wildman–Crippen LogP) is 3.66. The fourth-order valence-electron chi connectivity index (χ4n) is 1.42. The Labute approximate surface area is 119 Å². The summed E-state index contributed by atoms with van der Waals surface area (Å²) >= 11 is 2.97. The molecule has 2 rings (SSSR count). The van der Waals surface area contributed by atoms with E-state index in [2.05, 4.69) is 15.9 Å². The molecule has 0 spiro atoms. The van der Waals surface area contributed by atoms with Crippen LogP contribution in [0.1, 0.15) is 5.56 Å². The molecule has 0 saturated carbocycles. The second-order valence-electron chi connectivity index (χ2n) is 3.90. The van der Waals surface area contributed by atoms with E-state index in [1.54, 1.807) is 12.1 Å². The summed E-state index contributed by atoms with van der Waals surface area (Å²) in [5.41, 5.74) is 0.924. The Morgan fingerprint density at radius 2 is 1.74 bits per heavy atom. The van der Waals surface area contributed by atoms with Crippen LogP contribution in [-0.2, 0) is 10.1 Å². The van der Waals surface area contributed by atoms with Crippen molar-refractivity contribution in [3.8, 4) is 5.75 Å². The van der Waals surface area contributed by atoms with Crippen molar-refractivity contribution in [2.45, 2.75) is 11.8 Å². The Kier molecular flexibility index (Phi) is 3.91. The van der Waals surface area contributed by atoms with Crippen LogP contribution in [-0.4, -0.2) is 8.42 Å². The summed E-state index contributed by atoms with van der Waals surface area (Å²) in [5.74, 6) is -1.09. The molecule has 0 aliphatic heterocycles. The number of hydrogen-bond donors (Lipinski definition) is 0. The molecule has 3 nitrogen and oxygen atoms in total. The first-order valence-electron chi connectivity index (χ1n) is 5.35. The zero-order chi connectivity index (χ0) is 14.0. The molecule has 0 atom stereocenters. The lowest BCUT2D eigenvalue weighted by atomic mass is 10.2. The van der Waals surface area contributed by atoms with Crippen molar-refractivity contribution in [2.24, 2.45) is 0 Å². The highest BCUT2D eigenvalue weighted by Crippen LogP contribution is 2.27. The largest absolute Gasteiger partial charge is 0.376 e. The minimum absolute atomic E-state index is 0.0162. The molecule has 0 saturated heterocycles. The predicted molar refractivity (Wildman–Crippen MR) is 73.1 cm³/mol. The molecular weight excluding hydrogens is 335 g/mol. The first-order valence-corrected chi connectivity index (χ1v) is 7.55. The van der Waals surface area contributed by atoms with Crippen molar-refractivity contribution in [1.82, 2.24) is 0 Å². The van der Waals surface area contributed by atoms with Gasteiger partial charge in [0.25, 0.3) is 0 Å². The van der Waals surface area contributed by atoms with E-state index < -0.39 is 15.9 Å². The minimum atomic E-state index is -4.03. The van der Waals surface area contributed by atoms with Gasteiger partial charge >= 0.3 is 10.1 Å². The molecule has 2 aromatic carbocycles. The molecular formula is C13H10BrFO3S. The molecule has 0 bridgehead atoms. The minimum Gasteiger partial charge on any atom is -0.376 e. The van der Waals surface area contributed by atoms with Gasteiger partial charge in [-0.05, 0) is 47.1 Å². The third-order valence-corrected chi connectivity index (χ3v) is 4.29. The van der Waals surface area contributed by atoms with Gasteiger partial charge in [0.15, 0.2) is 11.6 Å². The third kappa shape index (κ3) is 3.13. The molecule has 0 amide bonds. The molecule has 6 heteroatoms. The monoisotopic (exact) mass is 344 g/mol. The van der Waals surface area contributed by atoms with Crippen LogP contribution >= 0.6 is 15.9 Å². The van der Waals surface area contributed by atoms with Crippen LogP contribution in [0.2, 0.25) is 0 Å². The summed E-state index contributed by atoms with van der Waals surface area (Å²) in [5, 5.41) is 0. The number of benzene rings is 2. The quantitative estimate of drug-likeness (QED) is 0.798. The highest BCUT2D eigenvalue weighted by atomic mass is 79.9. The van der Waals surface area contributed by atoms with Crippen LogP contribution in [0.5, 0.6) is 5.75 Å². The van der Waals surface area contributed by atoms with Gasteiger partial charge in [0, 0.05) is 0 Å². The number of hydrogen-bond acceptors (Lipinski definition) is 3. The van der Waals surface area contributed by atoms with Crippen LogP contribution < -0.4 is 4.18 Å². The Morgan fingerprint density at radius 1 is 1.11 bits per heavy atom. The molecule has 0 radical (unpaired) electrons. The van der Waals surface area contributed by atoms with Crippen LogP contribution in [0, 0.1) is 12.7 Å². The summed E-state index contributed by atoms with van der Waals surface area (Å²) in [4.78, 5) is -0.0162. The molecule has 0 unspecified atom stereocenters. The van der Waals surface area contributed by atoms with Crippen LogP contribution in [0.25, 0.3) is 0 Å². The molecule has 0 heterocycles. The Hall–Kier alpha value is -1.40. The maximum atomic E-state index is 13.7. The van der Waals surface area contributed by atoms with E-state index in [0.29, 0.717) is 0 Å². The lowest BCUT2D eigenvalue weighted by Crippen LogP contribution is -2.10. The van der Waals surface area contributed by atoms with Crippen LogP contribution in [0.4, 0.5) is 4.39 Å². The van der Waals surface area contributed by atoms with Gasteiger partial charge in [0.05, 0.1) is 4.47 Å². The lowest BCUT2D eigenvalue weighted by molar-refractivity contribution is 0.460. The Bertz CT molecular complexity index is 696. The number of rotatable bonds is 3. The lowest BCUT2D eigenvalue weighted by Gasteiger charge is -2.08. The van der Waals surface area contributed by atoms with E-state index in [1.807, 2.05) is 6.92 Å². The SMILES string of the molecule is Cc1ccc(S(=O)(=O)Oc2cccc(Br)c2F)cc1. The fraction of sp³-hybridized carbons (Fsp3) is 0.0769. The topological polar surface area (TPSA) is 43.4 Å². The van der Waals surface area contributed by atoms with Gasteiger partial charge in [-0.2, -0.15) is 8.42 Å². The van der Waals surface area contributed by atoms with Crippen molar-refractivity contribution in [3.05, 3.63) is 58.3 Å². The maximum Gasteiger partial charge on any atom is 0.339 e. The standard InChI is InChI=1S/C13H10BrFO3S/c1-9-5-7-10(8-6-9)19(16,17)18-12-4-2-3-11(14)13(12)15/h2-8H,1H3. The third-order valence-electron chi connectivity index (χ3n) is 2.43. The molecule has 0 aliphatic rings. The molecule has 2 aromatic rings. The van der Waals surface area contributed by atoms with E-state index in [4.69, 9.17) is 4.18 Å². The average Bonchev–Trinajstić information content (AvgIpc) is 2.35. The van der Waals surface area contributed by atoms with E-state index >= 15 is 0 Å². The van der Waals surface area contributed by atoms with E-state index in [1.165, 1.54) is 30.3 Å². The summed E-state index contributed by atoms with van der Waals surface area (Å²) in [6.07, 6.45) is 0. The normalized spacial score (nSPS) is 11.3. The molecule has 0 N–H and O–H groups in total. The van der Waals surface area contributed by atoms with Gasteiger partial charge in [-0.1, -0.05) is 23.8 Å². The molecule has 0 aliphatic carbocycles. The number of halogens is 2. The summed E-state index contributed by atoms with van der Waals surface area (Å²) < 4.78 is 42.6. The Balaban J connectivity index is 2.36. The van der Waals surface area contributed by atoms with Gasteiger partial charge in [-0.25, -0.2) is 4.39 Å². The first kappa shape index (κ1) is 14.0. The highest BCUT2D eigenvalue weighted by Gasteiger charge is 2.19. The van der Waals surface area contributed by atoms with Crippen molar-refractivity contribution in [1.29, 1.82) is 0 Å². The van der Waals surface area contributed by atoms with Crippen LogP contribution in [0.15, 0.2) is 51.8 Å². The molecule has 19 heavy (non-hydrogen) atoms. The van der Waals surface area contributed by atoms with Crippen molar-refractivity contribution in [2.75, 3.05) is 0 Å². The van der Waals surface area contributed by atoms with Gasteiger partial charge < -0.3 is 4.18 Å². The Morgan fingerprint density at radius 3 is 2.37 bits per heavy atom. The zero-order valence-corrected chi connectivity index (χ0v) is 12.3. The fourth-order valence-corrected chi connectivity index (χ4v) is 2.70. The number of aryl methyl sites for hydroxylation is 1. The smallest absolute Gasteiger partial charge is 0.339 e. The van der Waals surface area contributed by atoms with Crippen molar-refractivity contribution < 1.29 is 17.0 Å². The summed E-state index contributed by atoms with van der Waals surface area (Å²) in [7, 11) is -4.03. The van der Waals surface area contributed by atoms with Gasteiger partial charge in [0.1, 0.15) is 4.90 Å². The highest BCUT2D eigenvalue weighted by molar-refractivity contribution is 9.10. The molecule has 100 valence electrons. The van der Waals surface area contributed by atoms with E-state index in [-0.39, 0.29) is 15.1 Å². The van der Waals surface area contributed by atoms with Crippen molar-refractivity contribution >= 4 is 26.0 Å². The van der Waals surface area contributed by atoms with Crippen molar-refractivity contribution in [3.63, 3.8) is 0 Å². The second kappa shape index (κ2) is 5.30.